The Hall–Kier alpha value is -2.54. The molecule has 1 N–H and O–H groups in total. The molecule has 122 valence electrons. The molecule has 7 nitrogen and oxygen atoms in total. The van der Waals surface area contributed by atoms with Crippen LogP contribution in [0.15, 0.2) is 36.7 Å². The first-order valence-corrected chi connectivity index (χ1v) is 7.48. The number of aromatic nitrogens is 2. The number of nitro groups is 1. The molecule has 1 aromatic carbocycles. The predicted molar refractivity (Wildman–Crippen MR) is 89.6 cm³/mol. The number of para-hydroxylation sites is 1. The molecule has 0 unspecified atom stereocenters. The molecule has 1 aromatic heterocycles. The molecule has 0 spiro atoms. The van der Waals surface area contributed by atoms with Crippen LogP contribution in [0, 0.1) is 10.1 Å². The minimum absolute atomic E-state index is 0.117. The van der Waals surface area contributed by atoms with Crippen LogP contribution in [0.5, 0.6) is 0 Å². The SMILES string of the molecule is CN(C)CCCNc1cc(Cc2ccccc2[N+](=O)[O-])ncn1. The van der Waals surface area contributed by atoms with E-state index in [9.17, 15) is 10.1 Å². The average Bonchev–Trinajstić information content (AvgIpc) is 2.52. The molecule has 0 saturated carbocycles. The second-order valence-electron chi connectivity index (χ2n) is 5.54. The Morgan fingerprint density at radius 2 is 2.04 bits per heavy atom. The monoisotopic (exact) mass is 315 g/mol. The molecule has 0 fully saturated rings. The Morgan fingerprint density at radius 3 is 2.78 bits per heavy atom. The Kier molecular flexibility index (Phi) is 5.99. The van der Waals surface area contributed by atoms with Crippen LogP contribution < -0.4 is 5.32 Å². The molecule has 0 amide bonds. The number of nitrogens with one attached hydrogen (secondary N) is 1. The van der Waals surface area contributed by atoms with Crippen LogP contribution in [0.4, 0.5) is 11.5 Å². The van der Waals surface area contributed by atoms with Gasteiger partial charge in [-0.1, -0.05) is 18.2 Å². The largest absolute Gasteiger partial charge is 0.370 e. The van der Waals surface area contributed by atoms with Crippen LogP contribution in [0.3, 0.4) is 0 Å². The molecule has 0 radical (unpaired) electrons. The van der Waals surface area contributed by atoms with Crippen molar-refractivity contribution >= 4 is 11.5 Å². The number of nitro benzene ring substituents is 1. The van der Waals surface area contributed by atoms with Crippen molar-refractivity contribution in [2.24, 2.45) is 0 Å². The van der Waals surface area contributed by atoms with Gasteiger partial charge in [0.2, 0.25) is 0 Å². The summed E-state index contributed by atoms with van der Waals surface area (Å²) in [4.78, 5) is 21.2. The number of anilines is 1. The van der Waals surface area contributed by atoms with Gasteiger partial charge in [0.05, 0.1) is 10.6 Å². The molecule has 0 aliphatic carbocycles. The van der Waals surface area contributed by atoms with E-state index < -0.39 is 0 Å². The maximum atomic E-state index is 11.1. The van der Waals surface area contributed by atoms with Crippen molar-refractivity contribution in [2.75, 3.05) is 32.5 Å². The van der Waals surface area contributed by atoms with Gasteiger partial charge in [0.1, 0.15) is 12.1 Å². The van der Waals surface area contributed by atoms with E-state index in [2.05, 4.69) is 20.2 Å². The van der Waals surface area contributed by atoms with Gasteiger partial charge in [0.15, 0.2) is 0 Å². The lowest BCUT2D eigenvalue weighted by Gasteiger charge is -2.10. The molecule has 1 heterocycles. The Balaban J connectivity index is 2.01. The van der Waals surface area contributed by atoms with Crippen molar-refractivity contribution in [3.8, 4) is 0 Å². The summed E-state index contributed by atoms with van der Waals surface area (Å²) < 4.78 is 0. The lowest BCUT2D eigenvalue weighted by molar-refractivity contribution is -0.385. The Labute approximate surface area is 135 Å². The van der Waals surface area contributed by atoms with Crippen LogP contribution in [0.25, 0.3) is 0 Å². The second kappa shape index (κ2) is 8.19. The third-order valence-electron chi connectivity index (χ3n) is 3.37. The third kappa shape index (κ3) is 5.30. The minimum Gasteiger partial charge on any atom is -0.370 e. The highest BCUT2D eigenvalue weighted by molar-refractivity contribution is 5.43. The van der Waals surface area contributed by atoms with E-state index in [4.69, 9.17) is 0 Å². The number of benzene rings is 1. The van der Waals surface area contributed by atoms with Crippen LogP contribution >= 0.6 is 0 Å². The topological polar surface area (TPSA) is 84.2 Å². The molecule has 0 atom stereocenters. The number of hydrogen-bond donors (Lipinski definition) is 1. The molecule has 2 rings (SSSR count). The van der Waals surface area contributed by atoms with Gasteiger partial charge < -0.3 is 10.2 Å². The predicted octanol–water partition coefficient (Wildman–Crippen LogP) is 2.34. The van der Waals surface area contributed by atoms with Gasteiger partial charge >= 0.3 is 0 Å². The van der Waals surface area contributed by atoms with Crippen molar-refractivity contribution in [3.05, 3.63) is 58.0 Å². The summed E-state index contributed by atoms with van der Waals surface area (Å²) in [7, 11) is 4.07. The smallest absolute Gasteiger partial charge is 0.272 e. The quantitative estimate of drug-likeness (QED) is 0.457. The molecule has 0 saturated heterocycles. The van der Waals surface area contributed by atoms with Gasteiger partial charge in [-0.05, 0) is 27.1 Å². The van der Waals surface area contributed by atoms with E-state index in [1.54, 1.807) is 18.2 Å². The molecule has 7 heteroatoms. The summed E-state index contributed by atoms with van der Waals surface area (Å²) in [6.45, 7) is 1.82. The second-order valence-corrected chi connectivity index (χ2v) is 5.54. The molecule has 23 heavy (non-hydrogen) atoms. The van der Waals surface area contributed by atoms with Crippen LogP contribution in [-0.4, -0.2) is 47.0 Å². The summed E-state index contributed by atoms with van der Waals surface area (Å²) in [5.74, 6) is 0.743. The van der Waals surface area contributed by atoms with E-state index in [1.165, 1.54) is 12.4 Å². The molecular weight excluding hydrogens is 294 g/mol. The maximum absolute atomic E-state index is 11.1. The number of rotatable bonds is 8. The highest BCUT2D eigenvalue weighted by atomic mass is 16.6. The fraction of sp³-hybridized carbons (Fsp3) is 0.375. The van der Waals surface area contributed by atoms with E-state index in [0.29, 0.717) is 12.0 Å². The zero-order valence-corrected chi connectivity index (χ0v) is 13.4. The van der Waals surface area contributed by atoms with Gasteiger partial charge in [0, 0.05) is 30.7 Å². The lowest BCUT2D eigenvalue weighted by atomic mass is 10.1. The third-order valence-corrected chi connectivity index (χ3v) is 3.37. The maximum Gasteiger partial charge on any atom is 0.272 e. The first-order chi connectivity index (χ1) is 11.1. The van der Waals surface area contributed by atoms with Crippen molar-refractivity contribution in [3.63, 3.8) is 0 Å². The molecule has 0 aliphatic rings. The van der Waals surface area contributed by atoms with Crippen LogP contribution in [0.1, 0.15) is 17.7 Å². The minimum atomic E-state index is -0.364. The van der Waals surface area contributed by atoms with Crippen molar-refractivity contribution in [1.29, 1.82) is 0 Å². The first kappa shape index (κ1) is 16.8. The highest BCUT2D eigenvalue weighted by Gasteiger charge is 2.13. The normalized spacial score (nSPS) is 10.7. The molecule has 0 aliphatic heterocycles. The van der Waals surface area contributed by atoms with Gasteiger partial charge in [0.25, 0.3) is 5.69 Å². The fourth-order valence-electron chi connectivity index (χ4n) is 2.24. The van der Waals surface area contributed by atoms with Crippen LogP contribution in [0.2, 0.25) is 0 Å². The fourth-order valence-corrected chi connectivity index (χ4v) is 2.24. The van der Waals surface area contributed by atoms with Gasteiger partial charge in [-0.3, -0.25) is 10.1 Å². The Bertz CT molecular complexity index is 660. The first-order valence-electron chi connectivity index (χ1n) is 7.48. The van der Waals surface area contributed by atoms with Gasteiger partial charge in [-0.15, -0.1) is 0 Å². The summed E-state index contributed by atoms with van der Waals surface area (Å²) >= 11 is 0. The van der Waals surface area contributed by atoms with E-state index in [0.717, 1.165) is 31.0 Å². The Morgan fingerprint density at radius 1 is 1.26 bits per heavy atom. The van der Waals surface area contributed by atoms with Gasteiger partial charge in [-0.2, -0.15) is 0 Å². The number of hydrogen-bond acceptors (Lipinski definition) is 6. The van der Waals surface area contributed by atoms with Crippen molar-refractivity contribution in [1.82, 2.24) is 14.9 Å². The lowest BCUT2D eigenvalue weighted by Crippen LogP contribution is -2.16. The highest BCUT2D eigenvalue weighted by Crippen LogP contribution is 2.20. The zero-order valence-electron chi connectivity index (χ0n) is 13.4. The summed E-state index contributed by atoms with van der Waals surface area (Å²) in [5.41, 5.74) is 1.52. The summed E-state index contributed by atoms with van der Waals surface area (Å²) in [5, 5.41) is 14.3. The molecular formula is C16H21N5O2. The van der Waals surface area contributed by atoms with E-state index in [1.807, 2.05) is 20.2 Å². The van der Waals surface area contributed by atoms with Crippen LogP contribution in [-0.2, 0) is 6.42 Å². The summed E-state index contributed by atoms with van der Waals surface area (Å²) in [6.07, 6.45) is 2.90. The molecule has 2 aromatic rings. The van der Waals surface area contributed by atoms with E-state index >= 15 is 0 Å². The number of nitrogens with zero attached hydrogens (tertiary/aromatic N) is 4. The standard InChI is InChI=1S/C16H21N5O2/c1-20(2)9-5-8-17-16-11-14(18-12-19-16)10-13-6-3-4-7-15(13)21(22)23/h3-4,6-7,11-12H,5,8-10H2,1-2H3,(H,17,18,19). The van der Waals surface area contributed by atoms with Crippen molar-refractivity contribution < 1.29 is 4.92 Å². The average molecular weight is 315 g/mol. The van der Waals surface area contributed by atoms with Crippen molar-refractivity contribution in [2.45, 2.75) is 12.8 Å². The summed E-state index contributed by atoms with van der Waals surface area (Å²) in [6, 6.07) is 8.57. The van der Waals surface area contributed by atoms with Gasteiger partial charge in [-0.25, -0.2) is 9.97 Å². The zero-order chi connectivity index (χ0) is 16.7. The van der Waals surface area contributed by atoms with E-state index in [-0.39, 0.29) is 10.6 Å². The molecule has 0 bridgehead atoms.